The van der Waals surface area contributed by atoms with Gasteiger partial charge in [0, 0.05) is 16.3 Å². The van der Waals surface area contributed by atoms with Crippen LogP contribution in [0.15, 0.2) is 66.0 Å². The number of carbonyl (C=O) groups excluding carboxylic acids is 1. The molecule has 1 amide bonds. The maximum atomic E-state index is 12.7. The van der Waals surface area contributed by atoms with Crippen molar-refractivity contribution < 1.29 is 4.79 Å². The molecule has 4 nitrogen and oxygen atoms in total. The van der Waals surface area contributed by atoms with Gasteiger partial charge in [-0.1, -0.05) is 66.7 Å². The second-order valence-corrected chi connectivity index (χ2v) is 7.71. The number of aromatic nitrogens is 2. The summed E-state index contributed by atoms with van der Waals surface area (Å²) < 4.78 is 0. The molecular weight excluding hydrogens is 378 g/mol. The van der Waals surface area contributed by atoms with Crippen molar-refractivity contribution >= 4 is 35.0 Å². The van der Waals surface area contributed by atoms with Crippen molar-refractivity contribution in [2.75, 3.05) is 5.32 Å². The second-order valence-electron chi connectivity index (χ2n) is 6.08. The van der Waals surface area contributed by atoms with Crippen molar-refractivity contribution in [1.29, 1.82) is 0 Å². The largest absolute Gasteiger partial charge is 0.325 e. The van der Waals surface area contributed by atoms with E-state index in [1.807, 2.05) is 62.4 Å². The number of benzene rings is 2. The van der Waals surface area contributed by atoms with E-state index in [1.54, 1.807) is 6.07 Å². The van der Waals surface area contributed by atoms with Gasteiger partial charge in [-0.05, 0) is 37.1 Å². The Balaban J connectivity index is 1.72. The minimum absolute atomic E-state index is 0.0673. The Kier molecular flexibility index (Phi) is 6.48. The zero-order chi connectivity index (χ0) is 19.2. The molecule has 27 heavy (non-hydrogen) atoms. The minimum Gasteiger partial charge on any atom is -0.325 e. The van der Waals surface area contributed by atoms with Crippen LogP contribution in [0.5, 0.6) is 0 Å². The van der Waals surface area contributed by atoms with Crippen molar-refractivity contribution in [2.24, 2.45) is 0 Å². The fourth-order valence-electron chi connectivity index (χ4n) is 2.53. The molecule has 1 N–H and O–H groups in total. The number of halogens is 1. The van der Waals surface area contributed by atoms with E-state index in [4.69, 9.17) is 11.6 Å². The Bertz CT molecular complexity index is 934. The van der Waals surface area contributed by atoms with E-state index in [-0.39, 0.29) is 11.2 Å². The van der Waals surface area contributed by atoms with Crippen molar-refractivity contribution in [3.63, 3.8) is 0 Å². The van der Waals surface area contributed by atoms with E-state index in [2.05, 4.69) is 15.3 Å². The number of thioether (sulfide) groups is 1. The third-order valence-corrected chi connectivity index (χ3v) is 5.78. The summed E-state index contributed by atoms with van der Waals surface area (Å²) in [7, 11) is 0. The Hall–Kier alpha value is -2.37. The highest BCUT2D eigenvalue weighted by Crippen LogP contribution is 2.28. The third kappa shape index (κ3) is 5.08. The number of hydrogen-bond donors (Lipinski definition) is 1. The van der Waals surface area contributed by atoms with Crippen LogP contribution in [-0.2, 0) is 4.79 Å². The summed E-state index contributed by atoms with van der Waals surface area (Å²) in [6.45, 7) is 3.91. The van der Waals surface area contributed by atoms with E-state index in [0.717, 1.165) is 21.8 Å². The fraction of sp³-hybridized carbons (Fsp3) is 0.190. The van der Waals surface area contributed by atoms with Crippen LogP contribution in [-0.4, -0.2) is 21.1 Å². The first-order chi connectivity index (χ1) is 13.1. The fourth-order valence-corrected chi connectivity index (χ4v) is 3.62. The number of aryl methyl sites for hydroxylation is 1. The minimum atomic E-state index is -0.261. The number of hydrogen-bond acceptors (Lipinski definition) is 4. The van der Waals surface area contributed by atoms with Gasteiger partial charge in [0.2, 0.25) is 5.91 Å². The first-order valence-electron chi connectivity index (χ1n) is 8.68. The Morgan fingerprint density at radius 1 is 1.15 bits per heavy atom. The highest BCUT2D eigenvalue weighted by atomic mass is 35.5. The number of carbonyl (C=O) groups is 1. The van der Waals surface area contributed by atoms with Gasteiger partial charge in [-0.2, -0.15) is 0 Å². The molecule has 6 heteroatoms. The van der Waals surface area contributed by atoms with Gasteiger partial charge in [0.05, 0.1) is 10.9 Å². The number of amides is 1. The van der Waals surface area contributed by atoms with E-state index in [0.29, 0.717) is 17.1 Å². The Morgan fingerprint density at radius 2 is 1.93 bits per heavy atom. The van der Waals surface area contributed by atoms with Crippen molar-refractivity contribution in [3.05, 3.63) is 71.5 Å². The molecule has 3 aromatic rings. The molecule has 1 atom stereocenters. The van der Waals surface area contributed by atoms with Crippen LogP contribution in [0.2, 0.25) is 5.02 Å². The predicted octanol–water partition coefficient (Wildman–Crippen LogP) is 5.61. The van der Waals surface area contributed by atoms with Crippen LogP contribution in [0.1, 0.15) is 18.9 Å². The molecule has 138 valence electrons. The summed E-state index contributed by atoms with van der Waals surface area (Å²) in [6.07, 6.45) is 2.22. The van der Waals surface area contributed by atoms with E-state index in [9.17, 15) is 4.79 Å². The molecule has 1 aromatic heterocycles. The van der Waals surface area contributed by atoms with Gasteiger partial charge in [0.25, 0.3) is 0 Å². The van der Waals surface area contributed by atoms with Gasteiger partial charge >= 0.3 is 0 Å². The lowest BCUT2D eigenvalue weighted by Crippen LogP contribution is -2.24. The summed E-state index contributed by atoms with van der Waals surface area (Å²) in [5, 5.41) is 4.09. The first-order valence-corrected chi connectivity index (χ1v) is 9.93. The summed E-state index contributed by atoms with van der Waals surface area (Å²) >= 11 is 7.58. The monoisotopic (exact) mass is 397 g/mol. The molecule has 0 radical (unpaired) electrons. The van der Waals surface area contributed by atoms with Gasteiger partial charge in [-0.3, -0.25) is 4.79 Å². The van der Waals surface area contributed by atoms with Crippen LogP contribution in [0.25, 0.3) is 11.3 Å². The molecule has 0 saturated carbocycles. The Morgan fingerprint density at radius 3 is 2.63 bits per heavy atom. The lowest BCUT2D eigenvalue weighted by Gasteiger charge is -2.15. The van der Waals surface area contributed by atoms with Crippen molar-refractivity contribution in [2.45, 2.75) is 30.5 Å². The number of nitrogens with zero attached hydrogens (tertiary/aromatic N) is 2. The quantitative estimate of drug-likeness (QED) is 0.433. The van der Waals surface area contributed by atoms with Crippen LogP contribution in [0.3, 0.4) is 0 Å². The molecule has 0 spiro atoms. The standard InChI is InChI=1S/C21H20ClN3OS/c1-3-19(21(26)25-16-10-9-14(2)17(22)11-16)27-20-12-18(23-13-24-20)15-7-5-4-6-8-15/h4-13,19H,3H2,1-2H3,(H,25,26). The number of rotatable bonds is 6. The molecule has 0 saturated heterocycles. The summed E-state index contributed by atoms with van der Waals surface area (Å²) in [5.74, 6) is -0.0673. The molecule has 1 heterocycles. The molecule has 1 unspecified atom stereocenters. The molecule has 0 aliphatic heterocycles. The van der Waals surface area contributed by atoms with E-state index in [1.165, 1.54) is 18.1 Å². The van der Waals surface area contributed by atoms with Gasteiger partial charge < -0.3 is 5.32 Å². The van der Waals surface area contributed by atoms with Crippen molar-refractivity contribution in [3.8, 4) is 11.3 Å². The predicted molar refractivity (Wildman–Crippen MR) is 112 cm³/mol. The van der Waals surface area contributed by atoms with Gasteiger partial charge in [0.1, 0.15) is 11.4 Å². The zero-order valence-corrected chi connectivity index (χ0v) is 16.7. The second kappa shape index (κ2) is 9.02. The molecule has 0 aliphatic carbocycles. The maximum absolute atomic E-state index is 12.7. The molecule has 0 aliphatic rings. The lowest BCUT2D eigenvalue weighted by atomic mass is 10.1. The number of anilines is 1. The average Bonchev–Trinajstić information content (AvgIpc) is 2.70. The zero-order valence-electron chi connectivity index (χ0n) is 15.1. The van der Waals surface area contributed by atoms with E-state index >= 15 is 0 Å². The van der Waals surface area contributed by atoms with Crippen LogP contribution in [0, 0.1) is 6.92 Å². The summed E-state index contributed by atoms with van der Waals surface area (Å²) in [5.41, 5.74) is 3.54. The average molecular weight is 398 g/mol. The van der Waals surface area contributed by atoms with Crippen LogP contribution < -0.4 is 5.32 Å². The lowest BCUT2D eigenvalue weighted by molar-refractivity contribution is -0.115. The topological polar surface area (TPSA) is 54.9 Å². The van der Waals surface area contributed by atoms with Gasteiger partial charge in [-0.15, -0.1) is 0 Å². The summed E-state index contributed by atoms with van der Waals surface area (Å²) in [6, 6.07) is 17.3. The highest BCUT2D eigenvalue weighted by Gasteiger charge is 2.19. The molecule has 0 fully saturated rings. The van der Waals surface area contributed by atoms with Gasteiger partial charge in [0.15, 0.2) is 0 Å². The van der Waals surface area contributed by atoms with E-state index < -0.39 is 0 Å². The maximum Gasteiger partial charge on any atom is 0.237 e. The van der Waals surface area contributed by atoms with Crippen molar-refractivity contribution in [1.82, 2.24) is 9.97 Å². The molecular formula is C21H20ClN3OS. The number of nitrogens with one attached hydrogen (secondary N) is 1. The molecule has 3 rings (SSSR count). The SMILES string of the molecule is CCC(Sc1cc(-c2ccccc2)ncn1)C(=O)Nc1ccc(C)c(Cl)c1. The smallest absolute Gasteiger partial charge is 0.237 e. The Labute approximate surface area is 168 Å². The van der Waals surface area contributed by atoms with Crippen LogP contribution in [0.4, 0.5) is 5.69 Å². The normalized spacial score (nSPS) is 11.8. The third-order valence-electron chi connectivity index (χ3n) is 4.08. The summed E-state index contributed by atoms with van der Waals surface area (Å²) in [4.78, 5) is 21.3. The highest BCUT2D eigenvalue weighted by molar-refractivity contribution is 8.00. The molecule has 2 aromatic carbocycles. The van der Waals surface area contributed by atoms with Gasteiger partial charge in [-0.25, -0.2) is 9.97 Å². The first kappa shape index (κ1) is 19.4. The molecule has 0 bridgehead atoms. The van der Waals surface area contributed by atoms with Crippen LogP contribution >= 0.6 is 23.4 Å².